The van der Waals surface area contributed by atoms with Crippen molar-refractivity contribution in [2.45, 2.75) is 20.0 Å². The van der Waals surface area contributed by atoms with E-state index in [0.717, 1.165) is 22.4 Å². The number of aryl methyl sites for hydroxylation is 1. The monoisotopic (exact) mass is 442 g/mol. The SMILES string of the molecule is Cc1ccccc1-n1nccc1-c1cc(C(=O)N(C)Cc2ccccc2CN)c(O)cc1O. The van der Waals surface area contributed by atoms with E-state index in [2.05, 4.69) is 5.10 Å². The number of benzene rings is 3. The Kier molecular flexibility index (Phi) is 6.15. The predicted octanol–water partition coefficient (Wildman–Crippen LogP) is 3.99. The van der Waals surface area contributed by atoms with Gasteiger partial charge in [0.2, 0.25) is 0 Å². The van der Waals surface area contributed by atoms with Crippen molar-refractivity contribution in [1.82, 2.24) is 14.7 Å². The minimum Gasteiger partial charge on any atom is -0.507 e. The lowest BCUT2D eigenvalue weighted by Gasteiger charge is -2.20. The number of aromatic nitrogens is 2. The summed E-state index contributed by atoms with van der Waals surface area (Å²) in [6, 6.07) is 19.9. The van der Waals surface area contributed by atoms with Crippen molar-refractivity contribution in [3.63, 3.8) is 0 Å². The van der Waals surface area contributed by atoms with Gasteiger partial charge in [-0.2, -0.15) is 5.10 Å². The van der Waals surface area contributed by atoms with Gasteiger partial charge in [-0.1, -0.05) is 42.5 Å². The zero-order chi connectivity index (χ0) is 23.5. The molecule has 0 atom stereocenters. The van der Waals surface area contributed by atoms with E-state index in [1.165, 1.54) is 17.0 Å². The minimum atomic E-state index is -0.373. The topological polar surface area (TPSA) is 105 Å². The summed E-state index contributed by atoms with van der Waals surface area (Å²) >= 11 is 0. The van der Waals surface area contributed by atoms with Gasteiger partial charge in [0.1, 0.15) is 11.5 Å². The van der Waals surface area contributed by atoms with Crippen molar-refractivity contribution in [3.05, 3.63) is 95.2 Å². The van der Waals surface area contributed by atoms with Crippen LogP contribution in [0.2, 0.25) is 0 Å². The van der Waals surface area contributed by atoms with Crippen LogP contribution in [0.5, 0.6) is 11.5 Å². The van der Waals surface area contributed by atoms with Crippen LogP contribution in [0.25, 0.3) is 16.9 Å². The molecule has 0 aliphatic carbocycles. The molecule has 4 aromatic rings. The molecule has 1 amide bonds. The summed E-state index contributed by atoms with van der Waals surface area (Å²) in [7, 11) is 1.67. The van der Waals surface area contributed by atoms with Crippen molar-refractivity contribution in [2.24, 2.45) is 5.73 Å². The lowest BCUT2D eigenvalue weighted by atomic mass is 10.0. The zero-order valence-electron chi connectivity index (χ0n) is 18.6. The van der Waals surface area contributed by atoms with Gasteiger partial charge in [0.15, 0.2) is 0 Å². The van der Waals surface area contributed by atoms with Crippen LogP contribution in [0.4, 0.5) is 0 Å². The third-order valence-electron chi connectivity index (χ3n) is 5.70. The molecule has 0 aliphatic rings. The first-order valence-electron chi connectivity index (χ1n) is 10.6. The highest BCUT2D eigenvalue weighted by atomic mass is 16.3. The smallest absolute Gasteiger partial charge is 0.257 e. The van der Waals surface area contributed by atoms with E-state index in [1.807, 2.05) is 55.5 Å². The fraction of sp³-hybridized carbons (Fsp3) is 0.154. The van der Waals surface area contributed by atoms with E-state index in [-0.39, 0.29) is 23.0 Å². The van der Waals surface area contributed by atoms with Gasteiger partial charge in [0.05, 0.1) is 23.1 Å². The van der Waals surface area contributed by atoms with Crippen molar-refractivity contribution >= 4 is 5.91 Å². The molecule has 0 radical (unpaired) electrons. The Bertz CT molecular complexity index is 1310. The van der Waals surface area contributed by atoms with Gasteiger partial charge in [-0.05, 0) is 41.8 Å². The molecule has 7 heteroatoms. The number of rotatable bonds is 6. The van der Waals surface area contributed by atoms with Crippen LogP contribution in [0.3, 0.4) is 0 Å². The number of phenolic OH excluding ortho intramolecular Hbond substituents is 2. The summed E-state index contributed by atoms with van der Waals surface area (Å²) in [5, 5.41) is 25.5. The van der Waals surface area contributed by atoms with Gasteiger partial charge >= 0.3 is 0 Å². The number of carbonyl (C=O) groups excluding carboxylic acids is 1. The summed E-state index contributed by atoms with van der Waals surface area (Å²) in [5.74, 6) is -0.805. The maximum Gasteiger partial charge on any atom is 0.257 e. The summed E-state index contributed by atoms with van der Waals surface area (Å²) in [5.41, 5.74) is 10.7. The fourth-order valence-corrected chi connectivity index (χ4v) is 3.90. The van der Waals surface area contributed by atoms with Crippen LogP contribution < -0.4 is 5.73 Å². The highest BCUT2D eigenvalue weighted by Crippen LogP contribution is 2.36. The van der Waals surface area contributed by atoms with Crippen LogP contribution in [0.15, 0.2) is 72.9 Å². The first-order valence-corrected chi connectivity index (χ1v) is 10.6. The van der Waals surface area contributed by atoms with Crippen molar-refractivity contribution < 1.29 is 15.0 Å². The normalized spacial score (nSPS) is 10.9. The molecule has 33 heavy (non-hydrogen) atoms. The fourth-order valence-electron chi connectivity index (χ4n) is 3.90. The summed E-state index contributed by atoms with van der Waals surface area (Å²) in [6.45, 7) is 2.68. The molecule has 0 aliphatic heterocycles. The molecule has 0 saturated carbocycles. The average molecular weight is 443 g/mol. The second-order valence-corrected chi connectivity index (χ2v) is 7.94. The Hall–Kier alpha value is -4.10. The number of phenols is 2. The number of amides is 1. The van der Waals surface area contributed by atoms with Gasteiger partial charge < -0.3 is 20.8 Å². The van der Waals surface area contributed by atoms with Crippen LogP contribution >= 0.6 is 0 Å². The molecule has 1 heterocycles. The Labute approximate surface area is 192 Å². The quantitative estimate of drug-likeness (QED) is 0.419. The molecular weight excluding hydrogens is 416 g/mol. The lowest BCUT2D eigenvalue weighted by Crippen LogP contribution is -2.27. The minimum absolute atomic E-state index is 0.0908. The van der Waals surface area contributed by atoms with Crippen LogP contribution in [0.1, 0.15) is 27.0 Å². The third-order valence-corrected chi connectivity index (χ3v) is 5.70. The largest absolute Gasteiger partial charge is 0.507 e. The molecular formula is C26H26N4O3. The predicted molar refractivity (Wildman–Crippen MR) is 127 cm³/mol. The molecule has 0 bridgehead atoms. The second-order valence-electron chi connectivity index (χ2n) is 7.94. The molecule has 1 aromatic heterocycles. The molecule has 0 spiro atoms. The molecule has 3 aromatic carbocycles. The Morgan fingerprint density at radius 1 is 1.00 bits per heavy atom. The number of nitrogens with zero attached hydrogens (tertiary/aromatic N) is 3. The zero-order valence-corrected chi connectivity index (χ0v) is 18.6. The van der Waals surface area contributed by atoms with Crippen molar-refractivity contribution in [2.75, 3.05) is 7.05 Å². The standard InChI is InChI=1S/C26H26N4O3/c1-17-7-3-6-10-22(17)30-23(11-12-28-30)20-13-21(25(32)14-24(20)31)26(33)29(2)16-19-9-5-4-8-18(19)15-27/h3-14,31-32H,15-16,27H2,1-2H3. The first kappa shape index (κ1) is 22.1. The average Bonchev–Trinajstić information content (AvgIpc) is 3.28. The van der Waals surface area contributed by atoms with E-state index >= 15 is 0 Å². The van der Waals surface area contributed by atoms with Gasteiger partial charge in [0, 0.05) is 31.8 Å². The highest BCUT2D eigenvalue weighted by molar-refractivity contribution is 5.98. The maximum atomic E-state index is 13.2. The number of nitrogens with two attached hydrogens (primary N) is 1. The molecule has 4 rings (SSSR count). The third kappa shape index (κ3) is 4.31. The van der Waals surface area contributed by atoms with E-state index in [1.54, 1.807) is 24.0 Å². The Morgan fingerprint density at radius 2 is 1.70 bits per heavy atom. The number of carbonyl (C=O) groups is 1. The Balaban J connectivity index is 1.71. The van der Waals surface area contributed by atoms with Gasteiger partial charge in [0.25, 0.3) is 5.91 Å². The van der Waals surface area contributed by atoms with Gasteiger partial charge in [-0.25, -0.2) is 4.68 Å². The van der Waals surface area contributed by atoms with Gasteiger partial charge in [-0.15, -0.1) is 0 Å². The van der Waals surface area contributed by atoms with E-state index in [0.29, 0.717) is 24.3 Å². The summed E-state index contributed by atoms with van der Waals surface area (Å²) < 4.78 is 1.71. The number of aromatic hydroxyl groups is 2. The van der Waals surface area contributed by atoms with Crippen LogP contribution in [-0.2, 0) is 13.1 Å². The van der Waals surface area contributed by atoms with Crippen molar-refractivity contribution in [3.8, 4) is 28.4 Å². The number of hydrogen-bond donors (Lipinski definition) is 3. The molecule has 4 N–H and O–H groups in total. The number of hydrogen-bond acceptors (Lipinski definition) is 5. The lowest BCUT2D eigenvalue weighted by molar-refractivity contribution is 0.0782. The van der Waals surface area contributed by atoms with Gasteiger partial charge in [-0.3, -0.25) is 4.79 Å². The molecule has 7 nitrogen and oxygen atoms in total. The van der Waals surface area contributed by atoms with E-state index < -0.39 is 0 Å². The first-order chi connectivity index (χ1) is 15.9. The maximum absolute atomic E-state index is 13.2. The highest BCUT2D eigenvalue weighted by Gasteiger charge is 2.22. The summed E-state index contributed by atoms with van der Waals surface area (Å²) in [6.07, 6.45) is 1.63. The molecule has 0 fully saturated rings. The van der Waals surface area contributed by atoms with E-state index in [9.17, 15) is 15.0 Å². The van der Waals surface area contributed by atoms with Crippen molar-refractivity contribution in [1.29, 1.82) is 0 Å². The second kappa shape index (κ2) is 9.18. The number of para-hydroxylation sites is 1. The Morgan fingerprint density at radius 3 is 2.42 bits per heavy atom. The van der Waals surface area contributed by atoms with Crippen LogP contribution in [-0.4, -0.2) is 37.8 Å². The van der Waals surface area contributed by atoms with E-state index in [4.69, 9.17) is 5.73 Å². The van der Waals surface area contributed by atoms with Crippen LogP contribution in [0, 0.1) is 6.92 Å². The molecule has 168 valence electrons. The molecule has 0 saturated heterocycles. The molecule has 0 unspecified atom stereocenters. The summed E-state index contributed by atoms with van der Waals surface area (Å²) in [4.78, 5) is 14.8.